The lowest BCUT2D eigenvalue weighted by molar-refractivity contribution is -0.140. The van der Waals surface area contributed by atoms with Gasteiger partial charge < -0.3 is 19.5 Å². The van der Waals surface area contributed by atoms with Crippen LogP contribution >= 0.6 is 0 Å². The molecule has 3 aliphatic rings. The average Bonchev–Trinajstić information content (AvgIpc) is 3.40. The Morgan fingerprint density at radius 1 is 1.44 bits per heavy atom. The van der Waals surface area contributed by atoms with Crippen molar-refractivity contribution in [2.24, 2.45) is 5.92 Å². The maximum absolute atomic E-state index is 12.3. The van der Waals surface area contributed by atoms with Crippen molar-refractivity contribution in [1.29, 1.82) is 0 Å². The number of ether oxygens (including phenoxy) is 2. The molecule has 2 atom stereocenters. The summed E-state index contributed by atoms with van der Waals surface area (Å²) in [5.41, 5.74) is -0.206. The van der Waals surface area contributed by atoms with Gasteiger partial charge in [-0.2, -0.15) is 0 Å². The number of carbonyl (C=O) groups excluding carboxylic acids is 1. The summed E-state index contributed by atoms with van der Waals surface area (Å²) in [6.45, 7) is 1.94. The van der Waals surface area contributed by atoms with E-state index in [1.54, 1.807) is 6.20 Å². The van der Waals surface area contributed by atoms with Crippen molar-refractivity contribution in [2.75, 3.05) is 19.7 Å². The zero-order chi connectivity index (χ0) is 17.7. The Morgan fingerprint density at radius 3 is 2.92 bits per heavy atom. The lowest BCUT2D eigenvalue weighted by Gasteiger charge is -2.39. The number of likely N-dealkylation sites (tertiary alicyclic amines) is 1. The van der Waals surface area contributed by atoms with Crippen LogP contribution in [0, 0.1) is 5.92 Å². The van der Waals surface area contributed by atoms with Crippen molar-refractivity contribution in [1.82, 2.24) is 9.88 Å². The summed E-state index contributed by atoms with van der Waals surface area (Å²) in [4.78, 5) is 26.9. The lowest BCUT2D eigenvalue weighted by atomic mass is 9.89. The van der Waals surface area contributed by atoms with Crippen LogP contribution in [0.4, 0.5) is 0 Å². The smallest absolute Gasteiger partial charge is 0.290 e. The fraction of sp³-hybridized carbons (Fsp3) is 0.611. The average molecular weight is 348 g/mol. The van der Waals surface area contributed by atoms with Gasteiger partial charge in [0, 0.05) is 37.7 Å². The molecule has 0 unspecified atom stereocenters. The van der Waals surface area contributed by atoms with Crippen LogP contribution < -0.4 is 4.74 Å². The van der Waals surface area contributed by atoms with Crippen molar-refractivity contribution < 1.29 is 24.2 Å². The summed E-state index contributed by atoms with van der Waals surface area (Å²) in [6.07, 6.45) is 6.78. The molecule has 0 bridgehead atoms. The fourth-order valence-electron chi connectivity index (χ4n) is 3.62. The van der Waals surface area contributed by atoms with Crippen LogP contribution in [0.2, 0.25) is 0 Å². The summed E-state index contributed by atoms with van der Waals surface area (Å²) >= 11 is 0. The molecule has 1 aromatic rings. The highest BCUT2D eigenvalue weighted by Crippen LogP contribution is 2.38. The van der Waals surface area contributed by atoms with Crippen LogP contribution in [0.5, 0.6) is 5.88 Å². The van der Waals surface area contributed by atoms with Gasteiger partial charge >= 0.3 is 0 Å². The van der Waals surface area contributed by atoms with Crippen LogP contribution in [0.25, 0.3) is 0 Å². The second-order valence-electron chi connectivity index (χ2n) is 6.85. The van der Waals surface area contributed by atoms with E-state index < -0.39 is 0 Å². The Balaban J connectivity index is 0.000000569. The molecule has 7 heteroatoms. The molecule has 3 fully saturated rings. The molecule has 1 amide bonds. The van der Waals surface area contributed by atoms with Gasteiger partial charge in [-0.1, -0.05) is 6.07 Å². The third-order valence-electron chi connectivity index (χ3n) is 4.88. The second kappa shape index (κ2) is 7.82. The van der Waals surface area contributed by atoms with E-state index in [0.29, 0.717) is 18.4 Å². The normalized spacial score (nSPS) is 28.2. The molecule has 1 aliphatic carbocycles. The molecule has 2 saturated heterocycles. The van der Waals surface area contributed by atoms with Crippen LogP contribution in [0.15, 0.2) is 24.4 Å². The topological polar surface area (TPSA) is 89.0 Å². The number of rotatable bonds is 3. The lowest BCUT2D eigenvalue weighted by Crippen LogP contribution is -2.50. The van der Waals surface area contributed by atoms with Crippen molar-refractivity contribution >= 4 is 12.4 Å². The largest absolute Gasteiger partial charge is 0.483 e. The molecule has 0 aromatic carbocycles. The van der Waals surface area contributed by atoms with Gasteiger partial charge in [0.15, 0.2) is 0 Å². The minimum absolute atomic E-state index is 0.0332. The van der Waals surface area contributed by atoms with Gasteiger partial charge in [-0.15, -0.1) is 0 Å². The van der Waals surface area contributed by atoms with E-state index in [0.717, 1.165) is 45.2 Å². The van der Waals surface area contributed by atoms with E-state index in [4.69, 9.17) is 19.4 Å². The van der Waals surface area contributed by atoms with Gasteiger partial charge in [-0.25, -0.2) is 4.98 Å². The van der Waals surface area contributed by atoms with Gasteiger partial charge in [0.25, 0.3) is 6.47 Å². The zero-order valence-electron chi connectivity index (χ0n) is 14.2. The molecular weight excluding hydrogens is 324 g/mol. The number of amides is 1. The Morgan fingerprint density at radius 2 is 2.24 bits per heavy atom. The summed E-state index contributed by atoms with van der Waals surface area (Å²) in [5.74, 6) is 1.27. The van der Waals surface area contributed by atoms with Crippen LogP contribution in [-0.2, 0) is 14.3 Å². The Labute approximate surface area is 146 Å². The molecule has 1 spiro atoms. The summed E-state index contributed by atoms with van der Waals surface area (Å²) in [7, 11) is 0. The highest BCUT2D eigenvalue weighted by atomic mass is 16.6. The molecule has 1 aromatic heterocycles. The number of carboxylic acid groups (broad SMARTS) is 1. The van der Waals surface area contributed by atoms with E-state index in [1.165, 1.54) is 0 Å². The Bertz CT molecular complexity index is 592. The van der Waals surface area contributed by atoms with E-state index in [2.05, 4.69) is 4.98 Å². The highest BCUT2D eigenvalue weighted by molar-refractivity contribution is 5.81. The van der Waals surface area contributed by atoms with Crippen molar-refractivity contribution in [2.45, 2.75) is 43.8 Å². The molecule has 2 aliphatic heterocycles. The SMILES string of the molecule is O=C(C1CC1)N1CCC[C@@]2(C[C@@H](Oc3ccccn3)CO2)C1.O=CO. The first-order valence-electron chi connectivity index (χ1n) is 8.74. The third-order valence-corrected chi connectivity index (χ3v) is 4.88. The standard InChI is InChI=1S/C17H22N2O3.CH2O2/c20-16(13-5-6-13)19-9-3-7-17(12-19)10-14(11-21-17)22-15-4-1-2-8-18-15;2-1-3/h1-2,4,8,13-14H,3,5-7,9-12H2;1H,(H,2,3)/t14-,17-;/m1./s1. The van der Waals surface area contributed by atoms with Gasteiger partial charge in [0.2, 0.25) is 11.8 Å². The quantitative estimate of drug-likeness (QED) is 0.837. The number of pyridine rings is 1. The molecule has 4 rings (SSSR count). The minimum atomic E-state index is -0.250. The van der Waals surface area contributed by atoms with Gasteiger partial charge in [0.05, 0.1) is 12.2 Å². The first kappa shape index (κ1) is 17.7. The predicted octanol–water partition coefficient (Wildman–Crippen LogP) is 1.72. The summed E-state index contributed by atoms with van der Waals surface area (Å²) < 4.78 is 12.0. The van der Waals surface area contributed by atoms with Crippen molar-refractivity contribution in [3.8, 4) is 5.88 Å². The van der Waals surface area contributed by atoms with Crippen molar-refractivity contribution in [3.63, 3.8) is 0 Å². The number of nitrogens with zero attached hydrogens (tertiary/aromatic N) is 2. The number of aromatic nitrogens is 1. The highest BCUT2D eigenvalue weighted by Gasteiger charge is 2.47. The molecule has 3 heterocycles. The number of carbonyl (C=O) groups is 2. The molecule has 1 saturated carbocycles. The van der Waals surface area contributed by atoms with Crippen molar-refractivity contribution in [3.05, 3.63) is 24.4 Å². The molecule has 136 valence electrons. The predicted molar refractivity (Wildman–Crippen MR) is 89.2 cm³/mol. The maximum Gasteiger partial charge on any atom is 0.290 e. The minimum Gasteiger partial charge on any atom is -0.483 e. The maximum atomic E-state index is 12.3. The molecule has 1 N–H and O–H groups in total. The van der Waals surface area contributed by atoms with E-state index in [1.807, 2.05) is 23.1 Å². The molecule has 7 nitrogen and oxygen atoms in total. The van der Waals surface area contributed by atoms with E-state index >= 15 is 0 Å². The molecule has 25 heavy (non-hydrogen) atoms. The fourth-order valence-corrected chi connectivity index (χ4v) is 3.62. The number of piperidine rings is 1. The number of hydrogen-bond donors (Lipinski definition) is 1. The monoisotopic (exact) mass is 348 g/mol. The first-order valence-corrected chi connectivity index (χ1v) is 8.74. The third kappa shape index (κ3) is 4.48. The van der Waals surface area contributed by atoms with Gasteiger partial charge in [-0.3, -0.25) is 9.59 Å². The summed E-state index contributed by atoms with van der Waals surface area (Å²) in [6, 6.07) is 5.67. The van der Waals surface area contributed by atoms with E-state index in [9.17, 15) is 4.79 Å². The zero-order valence-corrected chi connectivity index (χ0v) is 14.2. The first-order chi connectivity index (χ1) is 12.2. The number of hydrogen-bond acceptors (Lipinski definition) is 5. The molecular formula is C18H24N2O5. The Kier molecular flexibility index (Phi) is 5.53. The second-order valence-corrected chi connectivity index (χ2v) is 6.85. The van der Waals surface area contributed by atoms with Crippen LogP contribution in [0.3, 0.4) is 0 Å². The van der Waals surface area contributed by atoms with Gasteiger partial charge in [-0.05, 0) is 31.7 Å². The van der Waals surface area contributed by atoms with Gasteiger partial charge in [0.1, 0.15) is 6.10 Å². The van der Waals surface area contributed by atoms with Crippen LogP contribution in [0.1, 0.15) is 32.1 Å². The Hall–Kier alpha value is -2.15. The molecule has 0 radical (unpaired) electrons. The summed E-state index contributed by atoms with van der Waals surface area (Å²) in [5, 5.41) is 6.89. The van der Waals surface area contributed by atoms with E-state index in [-0.39, 0.29) is 24.1 Å². The van der Waals surface area contributed by atoms with Crippen LogP contribution in [-0.4, -0.2) is 58.8 Å².